The summed E-state index contributed by atoms with van der Waals surface area (Å²) in [5, 5.41) is 12.6. The van der Waals surface area contributed by atoms with Gasteiger partial charge in [-0.05, 0) is 37.6 Å². The Morgan fingerprint density at radius 3 is 2.65 bits per heavy atom. The summed E-state index contributed by atoms with van der Waals surface area (Å²) >= 11 is 7.76. The van der Waals surface area contributed by atoms with Crippen LogP contribution < -0.4 is 11.1 Å². The molecule has 0 radical (unpaired) electrons. The quantitative estimate of drug-likeness (QED) is 0.748. The number of halogens is 1. The number of carbonyl (C=O) groups is 1. The van der Waals surface area contributed by atoms with E-state index < -0.39 is 5.97 Å². The summed E-state index contributed by atoms with van der Waals surface area (Å²) in [5.74, 6) is -1.06. The number of hydrogen-bond donors (Lipinski definition) is 3. The van der Waals surface area contributed by atoms with E-state index in [1.165, 1.54) is 16.5 Å². The first-order chi connectivity index (χ1) is 9.38. The van der Waals surface area contributed by atoms with E-state index in [-0.39, 0.29) is 5.56 Å². The maximum atomic E-state index is 11.2. The van der Waals surface area contributed by atoms with E-state index in [2.05, 4.69) is 18.3 Å². The van der Waals surface area contributed by atoms with Crippen LogP contribution in [0.15, 0.2) is 18.2 Å². The van der Waals surface area contributed by atoms with E-state index in [0.717, 1.165) is 4.88 Å². The van der Waals surface area contributed by atoms with E-state index in [0.29, 0.717) is 22.9 Å². The SMILES string of the molecule is Cc1cc(CNc2c(Cl)cc(N)cc2C(=O)O)sc1C. The Morgan fingerprint density at radius 2 is 2.10 bits per heavy atom. The summed E-state index contributed by atoms with van der Waals surface area (Å²) in [6.45, 7) is 4.64. The average Bonchev–Trinajstić information content (AvgIpc) is 2.66. The topological polar surface area (TPSA) is 75.3 Å². The van der Waals surface area contributed by atoms with Crippen molar-refractivity contribution in [3.8, 4) is 0 Å². The Morgan fingerprint density at radius 1 is 1.40 bits per heavy atom. The highest BCUT2D eigenvalue weighted by atomic mass is 35.5. The standard InChI is InChI=1S/C14H15ClN2O2S/c1-7-3-10(20-8(7)2)6-17-13-11(14(18)19)4-9(16)5-12(13)15/h3-5,17H,6,16H2,1-2H3,(H,18,19). The Labute approximate surface area is 126 Å². The van der Waals surface area contributed by atoms with E-state index >= 15 is 0 Å². The molecule has 106 valence electrons. The zero-order chi connectivity index (χ0) is 14.9. The molecular formula is C14H15ClN2O2S. The summed E-state index contributed by atoms with van der Waals surface area (Å²) in [7, 11) is 0. The van der Waals surface area contributed by atoms with Crippen LogP contribution in [0.5, 0.6) is 0 Å². The number of nitrogen functional groups attached to an aromatic ring is 1. The third-order valence-electron chi connectivity index (χ3n) is 3.00. The molecule has 2 aromatic rings. The van der Waals surface area contributed by atoms with Crippen LogP contribution in [0.2, 0.25) is 5.02 Å². The Kier molecular flexibility index (Phi) is 4.20. The third-order valence-corrected chi connectivity index (χ3v) is 4.45. The molecule has 1 heterocycles. The van der Waals surface area contributed by atoms with Crippen LogP contribution in [-0.2, 0) is 6.54 Å². The van der Waals surface area contributed by atoms with Crippen molar-refractivity contribution in [2.45, 2.75) is 20.4 Å². The van der Waals surface area contributed by atoms with E-state index in [1.54, 1.807) is 17.4 Å². The number of aryl methyl sites for hydroxylation is 2. The molecule has 4 nitrogen and oxygen atoms in total. The number of benzene rings is 1. The van der Waals surface area contributed by atoms with Crippen molar-refractivity contribution in [1.29, 1.82) is 0 Å². The van der Waals surface area contributed by atoms with Gasteiger partial charge >= 0.3 is 5.97 Å². The molecule has 0 aliphatic rings. The molecule has 0 unspecified atom stereocenters. The van der Waals surface area contributed by atoms with Crippen LogP contribution in [-0.4, -0.2) is 11.1 Å². The average molecular weight is 311 g/mol. The minimum atomic E-state index is -1.06. The smallest absolute Gasteiger partial charge is 0.337 e. The van der Waals surface area contributed by atoms with Crippen LogP contribution in [0.3, 0.4) is 0 Å². The number of carboxylic acid groups (broad SMARTS) is 1. The lowest BCUT2D eigenvalue weighted by Gasteiger charge is -2.11. The van der Waals surface area contributed by atoms with Gasteiger partial charge < -0.3 is 16.2 Å². The monoisotopic (exact) mass is 310 g/mol. The van der Waals surface area contributed by atoms with E-state index in [4.69, 9.17) is 17.3 Å². The number of carboxylic acids is 1. The fourth-order valence-electron chi connectivity index (χ4n) is 1.89. The van der Waals surface area contributed by atoms with Crippen molar-refractivity contribution < 1.29 is 9.90 Å². The lowest BCUT2D eigenvalue weighted by Crippen LogP contribution is -2.07. The first kappa shape index (κ1) is 14.7. The summed E-state index contributed by atoms with van der Waals surface area (Å²) in [5.41, 5.74) is 7.67. The normalized spacial score (nSPS) is 10.6. The van der Waals surface area contributed by atoms with Crippen molar-refractivity contribution in [2.24, 2.45) is 0 Å². The number of anilines is 2. The van der Waals surface area contributed by atoms with E-state index in [1.807, 2.05) is 6.92 Å². The van der Waals surface area contributed by atoms with Crippen LogP contribution in [0.25, 0.3) is 0 Å². The lowest BCUT2D eigenvalue weighted by molar-refractivity contribution is 0.0698. The summed E-state index contributed by atoms with van der Waals surface area (Å²) < 4.78 is 0. The molecule has 0 atom stereocenters. The third kappa shape index (κ3) is 3.05. The number of nitrogens with two attached hydrogens (primary N) is 1. The Balaban J connectivity index is 2.27. The predicted molar refractivity (Wildman–Crippen MR) is 83.9 cm³/mol. The molecule has 2 rings (SSSR count). The van der Waals surface area contributed by atoms with Gasteiger partial charge in [0.2, 0.25) is 0 Å². The molecule has 4 N–H and O–H groups in total. The number of rotatable bonds is 4. The molecule has 0 aliphatic carbocycles. The van der Waals surface area contributed by atoms with Gasteiger partial charge in [0, 0.05) is 22.0 Å². The summed E-state index contributed by atoms with van der Waals surface area (Å²) in [4.78, 5) is 13.6. The number of hydrogen-bond acceptors (Lipinski definition) is 4. The second kappa shape index (κ2) is 5.73. The molecule has 0 saturated carbocycles. The van der Waals surface area contributed by atoms with Crippen LogP contribution in [0.4, 0.5) is 11.4 Å². The molecule has 6 heteroatoms. The van der Waals surface area contributed by atoms with Crippen molar-refractivity contribution in [1.82, 2.24) is 0 Å². The lowest BCUT2D eigenvalue weighted by atomic mass is 10.1. The van der Waals surface area contributed by atoms with Crippen molar-refractivity contribution in [3.05, 3.63) is 44.1 Å². The van der Waals surface area contributed by atoms with Gasteiger partial charge in [-0.15, -0.1) is 11.3 Å². The van der Waals surface area contributed by atoms with Crippen LogP contribution in [0, 0.1) is 13.8 Å². The van der Waals surface area contributed by atoms with E-state index in [9.17, 15) is 9.90 Å². The molecular weight excluding hydrogens is 296 g/mol. The highest BCUT2D eigenvalue weighted by Gasteiger charge is 2.15. The summed E-state index contributed by atoms with van der Waals surface area (Å²) in [6, 6.07) is 5.03. The molecule has 0 bridgehead atoms. The van der Waals surface area contributed by atoms with Gasteiger partial charge in [0.1, 0.15) is 0 Å². The molecule has 0 fully saturated rings. The maximum absolute atomic E-state index is 11.2. The Bertz CT molecular complexity index is 648. The van der Waals surface area contributed by atoms with Gasteiger partial charge in [-0.25, -0.2) is 4.79 Å². The largest absolute Gasteiger partial charge is 0.478 e. The van der Waals surface area contributed by atoms with Gasteiger partial charge in [-0.1, -0.05) is 11.6 Å². The zero-order valence-electron chi connectivity index (χ0n) is 11.2. The maximum Gasteiger partial charge on any atom is 0.337 e. The van der Waals surface area contributed by atoms with Crippen LogP contribution in [0.1, 0.15) is 25.7 Å². The molecule has 0 spiro atoms. The highest BCUT2D eigenvalue weighted by molar-refractivity contribution is 7.12. The molecule has 0 saturated heterocycles. The van der Waals surface area contributed by atoms with Gasteiger partial charge in [0.25, 0.3) is 0 Å². The summed E-state index contributed by atoms with van der Waals surface area (Å²) in [6.07, 6.45) is 0. The fourth-order valence-corrected chi connectivity index (χ4v) is 3.18. The highest BCUT2D eigenvalue weighted by Crippen LogP contribution is 2.30. The van der Waals surface area contributed by atoms with Gasteiger partial charge in [-0.3, -0.25) is 0 Å². The zero-order valence-corrected chi connectivity index (χ0v) is 12.7. The number of thiophene rings is 1. The second-order valence-corrected chi connectivity index (χ2v) is 6.28. The van der Waals surface area contributed by atoms with Crippen molar-refractivity contribution in [3.63, 3.8) is 0 Å². The number of nitrogens with one attached hydrogen (secondary N) is 1. The van der Waals surface area contributed by atoms with Crippen molar-refractivity contribution in [2.75, 3.05) is 11.1 Å². The van der Waals surface area contributed by atoms with Gasteiger partial charge in [0.05, 0.1) is 16.3 Å². The minimum Gasteiger partial charge on any atom is -0.478 e. The van der Waals surface area contributed by atoms with Crippen LogP contribution >= 0.6 is 22.9 Å². The minimum absolute atomic E-state index is 0.0833. The first-order valence-electron chi connectivity index (χ1n) is 6.00. The molecule has 0 aliphatic heterocycles. The number of aromatic carboxylic acids is 1. The van der Waals surface area contributed by atoms with Gasteiger partial charge in [0.15, 0.2) is 0 Å². The van der Waals surface area contributed by atoms with Gasteiger partial charge in [-0.2, -0.15) is 0 Å². The molecule has 20 heavy (non-hydrogen) atoms. The molecule has 1 aromatic carbocycles. The second-order valence-electron chi connectivity index (χ2n) is 4.54. The first-order valence-corrected chi connectivity index (χ1v) is 7.20. The molecule has 0 amide bonds. The molecule has 1 aromatic heterocycles. The fraction of sp³-hybridized carbons (Fsp3) is 0.214. The predicted octanol–water partition coefficient (Wildman–Crippen LogP) is 3.91. The van der Waals surface area contributed by atoms with Crippen molar-refractivity contribution >= 4 is 40.3 Å². The Hall–Kier alpha value is -1.72.